The molecule has 4 rings (SSSR count). The van der Waals surface area contributed by atoms with Gasteiger partial charge in [-0.1, -0.05) is 75.6 Å². The molecule has 1 heterocycles. The van der Waals surface area contributed by atoms with Gasteiger partial charge in [-0.3, -0.25) is 9.59 Å². The second kappa shape index (κ2) is 18.0. The minimum absolute atomic E-state index is 0.0162. The number of nitrogens with one attached hydrogen (secondary N) is 1. The van der Waals surface area contributed by atoms with Crippen LogP contribution in [-0.4, -0.2) is 49.2 Å². The van der Waals surface area contributed by atoms with Crippen LogP contribution in [0.15, 0.2) is 109 Å². The monoisotopic (exact) mass is 603 g/mol. The maximum absolute atomic E-state index is 13.9. The Balaban J connectivity index is 0.00000104. The molecule has 8 heteroatoms. The normalized spacial score (nSPS) is 28.4. The summed E-state index contributed by atoms with van der Waals surface area (Å²) in [5.41, 5.74) is 13.1. The number of aliphatic hydroxyl groups excluding tert-OH is 1. The fraction of sp³-hybridized carbons (Fsp3) is 0.389. The van der Waals surface area contributed by atoms with E-state index in [1.165, 1.54) is 18.5 Å². The van der Waals surface area contributed by atoms with Crippen molar-refractivity contribution in [2.24, 2.45) is 29.2 Å². The molecular weight excluding hydrogens is 554 g/mol. The minimum atomic E-state index is -0.733. The highest BCUT2D eigenvalue weighted by Crippen LogP contribution is 2.35. The van der Waals surface area contributed by atoms with E-state index >= 15 is 0 Å². The highest BCUT2D eigenvalue weighted by Gasteiger charge is 2.34. The van der Waals surface area contributed by atoms with E-state index in [0.717, 1.165) is 16.8 Å². The summed E-state index contributed by atoms with van der Waals surface area (Å²) in [6, 6.07) is 9.37. The van der Waals surface area contributed by atoms with E-state index < -0.39 is 12.2 Å². The van der Waals surface area contributed by atoms with Gasteiger partial charge in [0, 0.05) is 49.0 Å². The molecule has 0 fully saturated rings. The SMILES string of the molecule is C=CN.C=CN.COC1CC(C)CC2=C(c3ccccc3)C(=O)C=C(NC3=CC=CC(C3)C(OC)/C(C)=C/C(C)C1O)C2=O. The molecule has 0 saturated heterocycles. The topological polar surface area (TPSA) is 137 Å². The van der Waals surface area contributed by atoms with E-state index in [9.17, 15) is 14.7 Å². The summed E-state index contributed by atoms with van der Waals surface area (Å²) in [4.78, 5) is 27.4. The van der Waals surface area contributed by atoms with E-state index in [1.54, 1.807) is 14.2 Å². The third-order valence-electron chi connectivity index (χ3n) is 7.84. The second-order valence-electron chi connectivity index (χ2n) is 11.2. The highest BCUT2D eigenvalue weighted by molar-refractivity contribution is 6.37. The van der Waals surface area contributed by atoms with Gasteiger partial charge in [0.15, 0.2) is 5.78 Å². The first-order valence-corrected chi connectivity index (χ1v) is 14.9. The van der Waals surface area contributed by atoms with Crippen molar-refractivity contribution in [3.8, 4) is 0 Å². The maximum atomic E-state index is 13.9. The van der Waals surface area contributed by atoms with Crippen LogP contribution in [0.2, 0.25) is 0 Å². The van der Waals surface area contributed by atoms with Crippen LogP contribution in [-0.2, 0) is 19.1 Å². The van der Waals surface area contributed by atoms with E-state index in [-0.39, 0.29) is 35.4 Å². The lowest BCUT2D eigenvalue weighted by Gasteiger charge is -2.32. The van der Waals surface area contributed by atoms with Gasteiger partial charge in [-0.05, 0) is 61.7 Å². The molecular formula is C36H49N3O5. The highest BCUT2D eigenvalue weighted by atomic mass is 16.5. The number of aliphatic hydroxyl groups is 1. The molecule has 1 aliphatic heterocycles. The number of ether oxygens (including phenoxy) is 2. The molecule has 238 valence electrons. The Hall–Kier alpha value is -3.98. The number of fused-ring (bicyclic) bond motifs is 4. The Morgan fingerprint density at radius 3 is 2.25 bits per heavy atom. The third kappa shape index (κ3) is 9.51. The smallest absolute Gasteiger partial charge is 0.206 e. The predicted octanol–water partition coefficient (Wildman–Crippen LogP) is 5.11. The first-order chi connectivity index (χ1) is 21.1. The van der Waals surface area contributed by atoms with Crippen LogP contribution in [0.5, 0.6) is 0 Å². The van der Waals surface area contributed by atoms with Gasteiger partial charge >= 0.3 is 0 Å². The Morgan fingerprint density at radius 1 is 1.02 bits per heavy atom. The quantitative estimate of drug-likeness (QED) is 0.277. The molecule has 8 nitrogen and oxygen atoms in total. The summed E-state index contributed by atoms with van der Waals surface area (Å²) in [6.45, 7) is 12.3. The van der Waals surface area contributed by atoms with Crippen molar-refractivity contribution in [3.05, 3.63) is 114 Å². The molecule has 1 aromatic carbocycles. The predicted molar refractivity (Wildman–Crippen MR) is 178 cm³/mol. The number of benzene rings is 1. The molecule has 3 aliphatic rings. The minimum Gasteiger partial charge on any atom is -0.405 e. The van der Waals surface area contributed by atoms with Crippen molar-refractivity contribution in [1.29, 1.82) is 0 Å². The molecule has 6 unspecified atom stereocenters. The zero-order chi connectivity index (χ0) is 32.8. The summed E-state index contributed by atoms with van der Waals surface area (Å²) in [7, 11) is 3.30. The van der Waals surface area contributed by atoms with Crippen LogP contribution in [0.1, 0.15) is 45.6 Å². The maximum Gasteiger partial charge on any atom is 0.206 e. The Labute approximate surface area is 262 Å². The Bertz CT molecular complexity index is 1300. The standard InChI is InChI=1S/C32H39NO5.2C2H5N/c1-19-14-25-29(22-10-7-6-8-11-22)27(34)18-26(31(25)36)33-24-13-9-12-23(17-24)32(38-5)21(3)16-20(2)30(35)28(15-19)37-4;2*1-2-3/h6-13,16,18-20,23,28,30,32-33,35H,14-15,17H2,1-5H3;2*2H,1,3H2/b21-16+;;. The summed E-state index contributed by atoms with van der Waals surface area (Å²) < 4.78 is 11.6. The van der Waals surface area contributed by atoms with Gasteiger partial charge in [0.05, 0.1) is 24.0 Å². The summed E-state index contributed by atoms with van der Waals surface area (Å²) in [5.74, 6) is -0.501. The number of rotatable bonds is 3. The van der Waals surface area contributed by atoms with Gasteiger partial charge in [-0.25, -0.2) is 0 Å². The molecule has 0 aromatic heterocycles. The Morgan fingerprint density at radius 2 is 1.66 bits per heavy atom. The van der Waals surface area contributed by atoms with E-state index in [0.29, 0.717) is 36.1 Å². The summed E-state index contributed by atoms with van der Waals surface area (Å²) >= 11 is 0. The molecule has 0 amide bonds. The largest absolute Gasteiger partial charge is 0.405 e. The van der Waals surface area contributed by atoms with Gasteiger partial charge in [-0.2, -0.15) is 0 Å². The number of methoxy groups -OCH3 is 2. The lowest BCUT2D eigenvalue weighted by Crippen LogP contribution is -2.36. The average Bonchev–Trinajstić information content (AvgIpc) is 2.99. The lowest BCUT2D eigenvalue weighted by molar-refractivity contribution is -0.115. The van der Waals surface area contributed by atoms with Crippen molar-refractivity contribution in [2.75, 3.05) is 14.2 Å². The van der Waals surface area contributed by atoms with Gasteiger partial charge in [0.25, 0.3) is 0 Å². The van der Waals surface area contributed by atoms with Crippen LogP contribution in [0.3, 0.4) is 0 Å². The van der Waals surface area contributed by atoms with Crippen molar-refractivity contribution >= 4 is 17.1 Å². The molecule has 4 bridgehead atoms. The first kappa shape index (κ1) is 36.2. The fourth-order valence-electron chi connectivity index (χ4n) is 5.93. The van der Waals surface area contributed by atoms with Gasteiger partial charge in [0.2, 0.25) is 5.78 Å². The van der Waals surface area contributed by atoms with Gasteiger partial charge < -0.3 is 31.4 Å². The molecule has 0 saturated carbocycles. The van der Waals surface area contributed by atoms with Crippen LogP contribution in [0.4, 0.5) is 0 Å². The van der Waals surface area contributed by atoms with Crippen molar-refractivity contribution in [1.82, 2.24) is 5.32 Å². The number of hydrogen-bond acceptors (Lipinski definition) is 8. The number of carbonyl (C=O) groups is 2. The molecule has 1 aromatic rings. The molecule has 2 aliphatic carbocycles. The van der Waals surface area contributed by atoms with Gasteiger partial charge in [-0.15, -0.1) is 0 Å². The molecule has 6 N–H and O–H groups in total. The van der Waals surface area contributed by atoms with Crippen LogP contribution in [0.25, 0.3) is 5.57 Å². The Kier molecular flexibility index (Phi) is 14.8. The molecule has 0 radical (unpaired) electrons. The van der Waals surface area contributed by atoms with Crippen LogP contribution >= 0.6 is 0 Å². The third-order valence-corrected chi connectivity index (χ3v) is 7.84. The number of allylic oxidation sites excluding steroid dienone is 6. The lowest BCUT2D eigenvalue weighted by atomic mass is 9.81. The summed E-state index contributed by atoms with van der Waals surface area (Å²) in [5, 5.41) is 14.5. The zero-order valence-corrected chi connectivity index (χ0v) is 26.7. The second-order valence-corrected chi connectivity index (χ2v) is 11.2. The number of Topliss-reactive ketones (excluding diaryl/α,β-unsaturated/α-hetero) is 1. The molecule has 6 atom stereocenters. The van der Waals surface area contributed by atoms with Crippen molar-refractivity contribution in [3.63, 3.8) is 0 Å². The zero-order valence-electron chi connectivity index (χ0n) is 26.7. The number of hydrogen-bond donors (Lipinski definition) is 4. The van der Waals surface area contributed by atoms with E-state index in [1.807, 2.05) is 63.3 Å². The number of carbonyl (C=O) groups excluding carboxylic acids is 2. The van der Waals surface area contributed by atoms with Gasteiger partial charge in [0.1, 0.15) is 0 Å². The number of ketones is 2. The van der Waals surface area contributed by atoms with E-state index in [4.69, 9.17) is 9.47 Å². The van der Waals surface area contributed by atoms with E-state index in [2.05, 4.69) is 42.1 Å². The molecule has 44 heavy (non-hydrogen) atoms. The average molecular weight is 604 g/mol. The summed E-state index contributed by atoms with van der Waals surface area (Å²) in [6.07, 6.45) is 12.2. The number of nitrogens with two attached hydrogens (primary N) is 2. The van der Waals surface area contributed by atoms with Crippen LogP contribution in [0, 0.1) is 17.8 Å². The van der Waals surface area contributed by atoms with Crippen molar-refractivity contribution < 1.29 is 24.2 Å². The first-order valence-electron chi connectivity index (χ1n) is 14.9. The van der Waals surface area contributed by atoms with Crippen molar-refractivity contribution in [2.45, 2.75) is 58.3 Å². The fourth-order valence-corrected chi connectivity index (χ4v) is 5.93. The van der Waals surface area contributed by atoms with Crippen LogP contribution < -0.4 is 16.8 Å². The molecule has 0 spiro atoms.